The Morgan fingerprint density at radius 1 is 1.47 bits per heavy atom. The predicted molar refractivity (Wildman–Crippen MR) is 66.8 cm³/mol. The van der Waals surface area contributed by atoms with Gasteiger partial charge in [0.1, 0.15) is 5.54 Å². The predicted octanol–water partition coefficient (Wildman–Crippen LogP) is 2.17. The molecule has 1 N–H and O–H groups in total. The highest BCUT2D eigenvalue weighted by molar-refractivity contribution is 5.83. The molecule has 0 radical (unpaired) electrons. The molecule has 2 atom stereocenters. The lowest BCUT2D eigenvalue weighted by Gasteiger charge is -2.38. The van der Waals surface area contributed by atoms with Gasteiger partial charge in [0.05, 0.1) is 7.11 Å². The number of methoxy groups -OCH3 is 1. The Labute approximate surface area is 102 Å². The first-order chi connectivity index (χ1) is 8.15. The van der Waals surface area contributed by atoms with Crippen LogP contribution in [0.3, 0.4) is 0 Å². The maximum atomic E-state index is 12.1. The molecule has 2 unspecified atom stereocenters. The molecule has 3 heteroatoms. The van der Waals surface area contributed by atoms with Crippen LogP contribution in [0.4, 0.5) is 0 Å². The fourth-order valence-electron chi connectivity index (χ4n) is 2.79. The second-order valence-corrected chi connectivity index (χ2v) is 4.67. The third kappa shape index (κ3) is 1.75. The first-order valence-corrected chi connectivity index (χ1v) is 6.02. The van der Waals surface area contributed by atoms with Gasteiger partial charge in [-0.05, 0) is 36.9 Å². The van der Waals surface area contributed by atoms with Crippen molar-refractivity contribution in [2.45, 2.75) is 31.2 Å². The Kier molecular flexibility index (Phi) is 3.20. The molecule has 0 heterocycles. The summed E-state index contributed by atoms with van der Waals surface area (Å²) in [5.74, 6) is 0.302. The minimum absolute atomic E-state index is 0.195. The molecule has 2 rings (SSSR count). The van der Waals surface area contributed by atoms with Gasteiger partial charge >= 0.3 is 5.97 Å². The molecule has 1 aliphatic carbocycles. The number of fused-ring (bicyclic) bond motifs is 1. The minimum Gasteiger partial charge on any atom is -0.467 e. The number of rotatable bonds is 2. The van der Waals surface area contributed by atoms with Gasteiger partial charge in [-0.15, -0.1) is 0 Å². The number of nitrogens with one attached hydrogen (secondary N) is 1. The molecule has 0 bridgehead atoms. The van der Waals surface area contributed by atoms with Gasteiger partial charge in [-0.3, -0.25) is 0 Å². The Hall–Kier alpha value is -1.35. The highest BCUT2D eigenvalue weighted by Gasteiger charge is 2.44. The van der Waals surface area contributed by atoms with Crippen molar-refractivity contribution in [1.29, 1.82) is 0 Å². The number of hydrogen-bond donors (Lipinski definition) is 1. The van der Waals surface area contributed by atoms with Crippen molar-refractivity contribution in [3.63, 3.8) is 0 Å². The van der Waals surface area contributed by atoms with E-state index in [1.54, 1.807) is 0 Å². The SMILES string of the molecule is CNC1(C(=O)OC)CCC(C)c2ccccc21. The number of esters is 1. The van der Waals surface area contributed by atoms with E-state index in [0.717, 1.165) is 18.4 Å². The minimum atomic E-state index is -0.669. The van der Waals surface area contributed by atoms with E-state index in [4.69, 9.17) is 4.74 Å². The summed E-state index contributed by atoms with van der Waals surface area (Å²) in [5.41, 5.74) is 1.64. The van der Waals surface area contributed by atoms with Gasteiger partial charge in [0, 0.05) is 0 Å². The number of likely N-dealkylation sites (N-methyl/N-ethyl adjacent to an activating group) is 1. The summed E-state index contributed by atoms with van der Waals surface area (Å²) < 4.78 is 4.97. The molecular formula is C14H19NO2. The van der Waals surface area contributed by atoms with Crippen LogP contribution in [0.2, 0.25) is 0 Å². The number of carbonyl (C=O) groups is 1. The number of carbonyl (C=O) groups excluding carboxylic acids is 1. The highest BCUT2D eigenvalue weighted by atomic mass is 16.5. The Morgan fingerprint density at radius 3 is 2.82 bits per heavy atom. The lowest BCUT2D eigenvalue weighted by atomic mass is 9.72. The fraction of sp³-hybridized carbons (Fsp3) is 0.500. The van der Waals surface area contributed by atoms with Crippen LogP contribution in [0.5, 0.6) is 0 Å². The molecule has 17 heavy (non-hydrogen) atoms. The Bertz CT molecular complexity index is 430. The van der Waals surface area contributed by atoms with Crippen molar-refractivity contribution in [3.8, 4) is 0 Å². The number of benzene rings is 1. The Balaban J connectivity index is 2.57. The monoisotopic (exact) mass is 233 g/mol. The van der Waals surface area contributed by atoms with E-state index in [2.05, 4.69) is 18.3 Å². The van der Waals surface area contributed by atoms with Gasteiger partial charge in [-0.2, -0.15) is 0 Å². The number of hydrogen-bond acceptors (Lipinski definition) is 3. The molecule has 0 fully saturated rings. The van der Waals surface area contributed by atoms with Gasteiger partial charge in [0.2, 0.25) is 0 Å². The molecule has 1 aromatic carbocycles. The zero-order chi connectivity index (χ0) is 12.5. The smallest absolute Gasteiger partial charge is 0.330 e. The second kappa shape index (κ2) is 4.49. The highest BCUT2D eigenvalue weighted by Crippen LogP contribution is 2.41. The molecule has 92 valence electrons. The van der Waals surface area contributed by atoms with Crippen molar-refractivity contribution in [2.75, 3.05) is 14.2 Å². The fourth-order valence-corrected chi connectivity index (χ4v) is 2.79. The van der Waals surface area contributed by atoms with Crippen LogP contribution in [0.1, 0.15) is 36.8 Å². The topological polar surface area (TPSA) is 38.3 Å². The van der Waals surface area contributed by atoms with E-state index in [-0.39, 0.29) is 5.97 Å². The lowest BCUT2D eigenvalue weighted by molar-refractivity contribution is -0.149. The van der Waals surface area contributed by atoms with E-state index in [1.165, 1.54) is 12.7 Å². The first kappa shape index (κ1) is 12.1. The molecular weight excluding hydrogens is 214 g/mol. The van der Waals surface area contributed by atoms with Crippen LogP contribution in [0.25, 0.3) is 0 Å². The first-order valence-electron chi connectivity index (χ1n) is 6.02. The van der Waals surface area contributed by atoms with Gasteiger partial charge in [0.25, 0.3) is 0 Å². The third-order valence-corrected chi connectivity index (χ3v) is 3.86. The van der Waals surface area contributed by atoms with Crippen LogP contribution in [-0.2, 0) is 15.1 Å². The molecule has 0 saturated heterocycles. The van der Waals surface area contributed by atoms with Gasteiger partial charge in [-0.1, -0.05) is 31.2 Å². The quantitative estimate of drug-likeness (QED) is 0.796. The molecule has 0 saturated carbocycles. The summed E-state index contributed by atoms with van der Waals surface area (Å²) in [6, 6.07) is 8.14. The molecule has 0 spiro atoms. The Morgan fingerprint density at radius 2 is 2.18 bits per heavy atom. The lowest BCUT2D eigenvalue weighted by Crippen LogP contribution is -2.50. The summed E-state index contributed by atoms with van der Waals surface area (Å²) >= 11 is 0. The van der Waals surface area contributed by atoms with Crippen molar-refractivity contribution < 1.29 is 9.53 Å². The van der Waals surface area contributed by atoms with Crippen molar-refractivity contribution in [2.24, 2.45) is 0 Å². The molecule has 0 aromatic heterocycles. The molecule has 3 nitrogen and oxygen atoms in total. The molecule has 1 aromatic rings. The molecule has 0 amide bonds. The van der Waals surface area contributed by atoms with Gasteiger partial charge in [-0.25, -0.2) is 4.79 Å². The summed E-state index contributed by atoms with van der Waals surface area (Å²) in [7, 11) is 3.27. The molecule has 1 aliphatic rings. The summed E-state index contributed by atoms with van der Waals surface area (Å²) in [4.78, 5) is 12.1. The number of ether oxygens (including phenoxy) is 1. The largest absolute Gasteiger partial charge is 0.467 e. The van der Waals surface area contributed by atoms with E-state index in [0.29, 0.717) is 5.92 Å². The third-order valence-electron chi connectivity index (χ3n) is 3.86. The summed E-state index contributed by atoms with van der Waals surface area (Å²) in [6.07, 6.45) is 1.78. The maximum Gasteiger partial charge on any atom is 0.330 e. The van der Waals surface area contributed by atoms with Crippen LogP contribution in [0, 0.1) is 0 Å². The average molecular weight is 233 g/mol. The summed E-state index contributed by atoms with van der Waals surface area (Å²) in [5, 5.41) is 3.17. The second-order valence-electron chi connectivity index (χ2n) is 4.67. The van der Waals surface area contributed by atoms with Crippen LogP contribution < -0.4 is 5.32 Å². The van der Waals surface area contributed by atoms with Gasteiger partial charge < -0.3 is 10.1 Å². The average Bonchev–Trinajstić information content (AvgIpc) is 2.39. The van der Waals surface area contributed by atoms with Crippen LogP contribution in [-0.4, -0.2) is 20.1 Å². The zero-order valence-corrected chi connectivity index (χ0v) is 10.6. The van der Waals surface area contributed by atoms with Crippen molar-refractivity contribution >= 4 is 5.97 Å². The van der Waals surface area contributed by atoms with E-state index < -0.39 is 5.54 Å². The van der Waals surface area contributed by atoms with Crippen molar-refractivity contribution in [3.05, 3.63) is 35.4 Å². The van der Waals surface area contributed by atoms with E-state index in [1.807, 2.05) is 25.2 Å². The van der Waals surface area contributed by atoms with Gasteiger partial charge in [0.15, 0.2) is 0 Å². The van der Waals surface area contributed by atoms with Crippen LogP contribution >= 0.6 is 0 Å². The zero-order valence-electron chi connectivity index (χ0n) is 10.6. The summed E-state index contributed by atoms with van der Waals surface area (Å²) in [6.45, 7) is 2.20. The standard InChI is InChI=1S/C14H19NO2/c1-10-8-9-14(15-2,13(16)17-3)12-7-5-4-6-11(10)12/h4-7,10,15H,8-9H2,1-3H3. The van der Waals surface area contributed by atoms with E-state index >= 15 is 0 Å². The molecule has 0 aliphatic heterocycles. The van der Waals surface area contributed by atoms with E-state index in [9.17, 15) is 4.79 Å². The van der Waals surface area contributed by atoms with Crippen LogP contribution in [0.15, 0.2) is 24.3 Å². The van der Waals surface area contributed by atoms with Crippen molar-refractivity contribution in [1.82, 2.24) is 5.32 Å². The normalized spacial score (nSPS) is 27.4. The maximum absolute atomic E-state index is 12.1.